The van der Waals surface area contributed by atoms with Gasteiger partial charge in [-0.15, -0.1) is 0 Å². The average Bonchev–Trinajstić information content (AvgIpc) is 2.43. The third-order valence-corrected chi connectivity index (χ3v) is 2.76. The molecule has 1 heterocycles. The largest absolute Gasteiger partial charge is 0.388 e. The molecule has 1 aromatic rings. The Morgan fingerprint density at radius 3 is 3.00 bits per heavy atom. The molecule has 0 aliphatic rings. The van der Waals surface area contributed by atoms with Crippen LogP contribution in [0.1, 0.15) is 29.4 Å². The first kappa shape index (κ1) is 15.6. The van der Waals surface area contributed by atoms with E-state index in [9.17, 15) is 9.90 Å². The maximum absolute atomic E-state index is 11.9. The lowest BCUT2D eigenvalue weighted by atomic mass is 10.0. The lowest BCUT2D eigenvalue weighted by Gasteiger charge is -2.23. The topological polar surface area (TPSA) is 97.5 Å². The van der Waals surface area contributed by atoms with E-state index in [0.29, 0.717) is 24.3 Å². The molecule has 0 aliphatic heterocycles. The van der Waals surface area contributed by atoms with Crippen LogP contribution in [0, 0.1) is 0 Å². The molecular formula is C13H21N3O3. The molecule has 1 rings (SSSR count). The van der Waals surface area contributed by atoms with Crippen molar-refractivity contribution in [3.8, 4) is 0 Å². The number of hydrogen-bond acceptors (Lipinski definition) is 5. The standard InChI is InChI=1S/C13H21N3O3/c1-13(18,4-6-19-2)9-16-12(17)10-3-5-15-11(7-10)8-14/h3,5,7,18H,4,6,8-9,14H2,1-2H3,(H,16,17). The summed E-state index contributed by atoms with van der Waals surface area (Å²) in [5.74, 6) is -0.255. The molecule has 6 heteroatoms. The minimum Gasteiger partial charge on any atom is -0.388 e. The molecule has 0 radical (unpaired) electrons. The second kappa shape index (κ2) is 7.18. The van der Waals surface area contributed by atoms with Gasteiger partial charge in [-0.1, -0.05) is 0 Å². The fourth-order valence-corrected chi connectivity index (χ4v) is 1.51. The molecule has 1 amide bonds. The minimum atomic E-state index is -0.991. The summed E-state index contributed by atoms with van der Waals surface area (Å²) in [5.41, 5.74) is 5.61. The molecule has 0 spiro atoms. The molecule has 0 saturated heterocycles. The van der Waals surface area contributed by atoms with Crippen molar-refractivity contribution in [1.82, 2.24) is 10.3 Å². The summed E-state index contributed by atoms with van der Waals surface area (Å²) in [4.78, 5) is 15.9. The number of carbonyl (C=O) groups excluding carboxylic acids is 1. The Bertz CT molecular complexity index is 421. The summed E-state index contributed by atoms with van der Waals surface area (Å²) in [6.45, 7) is 2.54. The van der Waals surface area contributed by atoms with Crippen LogP contribution in [0.25, 0.3) is 0 Å². The zero-order valence-corrected chi connectivity index (χ0v) is 11.3. The monoisotopic (exact) mass is 267 g/mol. The third-order valence-electron chi connectivity index (χ3n) is 2.76. The van der Waals surface area contributed by atoms with E-state index < -0.39 is 5.60 Å². The maximum Gasteiger partial charge on any atom is 0.251 e. The number of aliphatic hydroxyl groups is 1. The first-order chi connectivity index (χ1) is 8.98. The van der Waals surface area contributed by atoms with Crippen LogP contribution < -0.4 is 11.1 Å². The van der Waals surface area contributed by atoms with Gasteiger partial charge in [0.2, 0.25) is 0 Å². The van der Waals surface area contributed by atoms with Gasteiger partial charge in [0.1, 0.15) is 0 Å². The number of nitrogens with two attached hydrogens (primary N) is 1. The lowest BCUT2D eigenvalue weighted by molar-refractivity contribution is 0.0243. The summed E-state index contributed by atoms with van der Waals surface area (Å²) < 4.78 is 4.90. The Labute approximate surface area is 113 Å². The van der Waals surface area contributed by atoms with Gasteiger partial charge in [0.05, 0.1) is 11.3 Å². The molecule has 0 aromatic carbocycles. The lowest BCUT2D eigenvalue weighted by Crippen LogP contribution is -2.41. The number of amides is 1. The fourth-order valence-electron chi connectivity index (χ4n) is 1.51. The highest BCUT2D eigenvalue weighted by Crippen LogP contribution is 2.08. The Morgan fingerprint density at radius 2 is 2.37 bits per heavy atom. The Hall–Kier alpha value is -1.50. The van der Waals surface area contributed by atoms with Gasteiger partial charge in [-0.3, -0.25) is 9.78 Å². The van der Waals surface area contributed by atoms with Crippen molar-refractivity contribution in [2.45, 2.75) is 25.5 Å². The van der Waals surface area contributed by atoms with Crippen molar-refractivity contribution < 1.29 is 14.6 Å². The summed E-state index contributed by atoms with van der Waals surface area (Å²) in [5, 5.41) is 12.7. The van der Waals surface area contributed by atoms with Crippen LogP contribution in [-0.4, -0.2) is 41.9 Å². The van der Waals surface area contributed by atoms with E-state index in [1.165, 1.54) is 0 Å². The van der Waals surface area contributed by atoms with Crippen LogP contribution in [0.2, 0.25) is 0 Å². The van der Waals surface area contributed by atoms with E-state index in [1.807, 2.05) is 0 Å². The van der Waals surface area contributed by atoms with Gasteiger partial charge in [-0.25, -0.2) is 0 Å². The van der Waals surface area contributed by atoms with Gasteiger partial charge >= 0.3 is 0 Å². The molecular weight excluding hydrogens is 246 g/mol. The van der Waals surface area contributed by atoms with Gasteiger partial charge in [-0.2, -0.15) is 0 Å². The Balaban J connectivity index is 2.55. The van der Waals surface area contributed by atoms with Gasteiger partial charge < -0.3 is 20.9 Å². The molecule has 6 nitrogen and oxygen atoms in total. The van der Waals surface area contributed by atoms with Gasteiger partial charge in [0.15, 0.2) is 0 Å². The quantitative estimate of drug-likeness (QED) is 0.649. The molecule has 0 bridgehead atoms. The van der Waals surface area contributed by atoms with E-state index >= 15 is 0 Å². The minimum absolute atomic E-state index is 0.162. The summed E-state index contributed by atoms with van der Waals surface area (Å²) in [6.07, 6.45) is 1.99. The van der Waals surface area contributed by atoms with Crippen molar-refractivity contribution >= 4 is 5.91 Å². The van der Waals surface area contributed by atoms with Crippen molar-refractivity contribution in [2.24, 2.45) is 5.73 Å². The number of methoxy groups -OCH3 is 1. The molecule has 1 unspecified atom stereocenters. The second-order valence-corrected chi connectivity index (χ2v) is 4.66. The number of ether oxygens (including phenoxy) is 1. The van der Waals surface area contributed by atoms with Gasteiger partial charge in [0, 0.05) is 45.0 Å². The van der Waals surface area contributed by atoms with Crippen LogP contribution >= 0.6 is 0 Å². The van der Waals surface area contributed by atoms with Gasteiger partial charge in [0.25, 0.3) is 5.91 Å². The summed E-state index contributed by atoms with van der Waals surface area (Å²) in [7, 11) is 1.57. The SMILES string of the molecule is COCCC(C)(O)CNC(=O)c1ccnc(CN)c1. The van der Waals surface area contributed by atoms with E-state index in [-0.39, 0.29) is 19.0 Å². The normalized spacial score (nSPS) is 13.9. The van der Waals surface area contributed by atoms with Crippen molar-refractivity contribution in [2.75, 3.05) is 20.3 Å². The molecule has 1 aromatic heterocycles. The highest BCUT2D eigenvalue weighted by atomic mass is 16.5. The number of nitrogens with zero attached hydrogens (tertiary/aromatic N) is 1. The van der Waals surface area contributed by atoms with Gasteiger partial charge in [-0.05, 0) is 19.1 Å². The average molecular weight is 267 g/mol. The van der Waals surface area contributed by atoms with E-state index in [1.54, 1.807) is 32.4 Å². The highest BCUT2D eigenvalue weighted by molar-refractivity contribution is 5.94. The molecule has 1 atom stereocenters. The first-order valence-corrected chi connectivity index (χ1v) is 6.13. The Morgan fingerprint density at radius 1 is 1.63 bits per heavy atom. The first-order valence-electron chi connectivity index (χ1n) is 6.13. The summed E-state index contributed by atoms with van der Waals surface area (Å²) in [6, 6.07) is 3.25. The van der Waals surface area contributed by atoms with E-state index in [0.717, 1.165) is 0 Å². The number of aromatic nitrogens is 1. The number of carbonyl (C=O) groups is 1. The van der Waals surface area contributed by atoms with Crippen LogP contribution in [0.5, 0.6) is 0 Å². The van der Waals surface area contributed by atoms with Crippen molar-refractivity contribution in [3.05, 3.63) is 29.6 Å². The predicted octanol–water partition coefficient (Wildman–Crippen LogP) is 0.0576. The van der Waals surface area contributed by atoms with Crippen molar-refractivity contribution in [3.63, 3.8) is 0 Å². The molecule has 0 fully saturated rings. The number of pyridine rings is 1. The van der Waals surface area contributed by atoms with Crippen LogP contribution in [-0.2, 0) is 11.3 Å². The smallest absolute Gasteiger partial charge is 0.251 e. The van der Waals surface area contributed by atoms with Crippen LogP contribution in [0.15, 0.2) is 18.3 Å². The molecule has 0 saturated carbocycles. The number of nitrogens with one attached hydrogen (secondary N) is 1. The molecule has 19 heavy (non-hydrogen) atoms. The van der Waals surface area contributed by atoms with Crippen LogP contribution in [0.4, 0.5) is 0 Å². The molecule has 106 valence electrons. The fraction of sp³-hybridized carbons (Fsp3) is 0.538. The van der Waals surface area contributed by atoms with E-state index in [2.05, 4.69) is 10.3 Å². The van der Waals surface area contributed by atoms with Crippen molar-refractivity contribution in [1.29, 1.82) is 0 Å². The summed E-state index contributed by atoms with van der Waals surface area (Å²) >= 11 is 0. The van der Waals surface area contributed by atoms with E-state index in [4.69, 9.17) is 10.5 Å². The predicted molar refractivity (Wildman–Crippen MR) is 71.6 cm³/mol. The zero-order chi connectivity index (χ0) is 14.3. The molecule has 0 aliphatic carbocycles. The third kappa shape index (κ3) is 5.34. The zero-order valence-electron chi connectivity index (χ0n) is 11.3. The molecule has 4 N–H and O–H groups in total. The number of rotatable bonds is 7. The van der Waals surface area contributed by atoms with Crippen LogP contribution in [0.3, 0.4) is 0 Å². The Kier molecular flexibility index (Phi) is 5.88. The highest BCUT2D eigenvalue weighted by Gasteiger charge is 2.21. The maximum atomic E-state index is 11.9. The number of hydrogen-bond donors (Lipinski definition) is 3. The second-order valence-electron chi connectivity index (χ2n) is 4.66.